The van der Waals surface area contributed by atoms with Crippen LogP contribution in [0.4, 0.5) is 11.4 Å². The third-order valence-corrected chi connectivity index (χ3v) is 4.62. The summed E-state index contributed by atoms with van der Waals surface area (Å²) in [7, 11) is 3.23. The summed E-state index contributed by atoms with van der Waals surface area (Å²) in [6.07, 6.45) is 5.54. The van der Waals surface area contributed by atoms with E-state index in [-0.39, 0.29) is 5.91 Å². The molecule has 1 amide bonds. The van der Waals surface area contributed by atoms with Crippen molar-refractivity contribution in [1.29, 1.82) is 0 Å². The maximum Gasteiger partial charge on any atom is 0.255 e. The molecule has 138 valence electrons. The van der Waals surface area contributed by atoms with Crippen LogP contribution in [0.3, 0.4) is 0 Å². The molecule has 0 radical (unpaired) electrons. The average molecular weight is 355 g/mol. The second-order valence-electron chi connectivity index (χ2n) is 6.65. The molecule has 0 aliphatic carbocycles. The molecule has 0 bridgehead atoms. The lowest BCUT2D eigenvalue weighted by Gasteiger charge is -2.31. The van der Waals surface area contributed by atoms with Crippen molar-refractivity contribution in [3.63, 3.8) is 0 Å². The van der Waals surface area contributed by atoms with Gasteiger partial charge in [-0.05, 0) is 37.0 Å². The summed E-state index contributed by atoms with van der Waals surface area (Å²) < 4.78 is 10.7. The molecule has 2 heterocycles. The number of piperidine rings is 1. The number of carbonyl (C=O) groups is 1. The van der Waals surface area contributed by atoms with Gasteiger partial charge < -0.3 is 19.7 Å². The summed E-state index contributed by atoms with van der Waals surface area (Å²) in [6.45, 7) is 3.80. The van der Waals surface area contributed by atoms with E-state index in [0.29, 0.717) is 17.2 Å². The molecule has 2 aromatic rings. The molecule has 26 heavy (non-hydrogen) atoms. The number of carbonyl (C=O) groups excluding carboxylic acids is 1. The van der Waals surface area contributed by atoms with Gasteiger partial charge in [0.05, 0.1) is 37.4 Å². The third-order valence-electron chi connectivity index (χ3n) is 4.62. The van der Waals surface area contributed by atoms with E-state index in [9.17, 15) is 4.79 Å². The molecule has 1 unspecified atom stereocenters. The molecule has 1 atom stereocenters. The van der Waals surface area contributed by atoms with Gasteiger partial charge in [-0.15, -0.1) is 0 Å². The zero-order valence-corrected chi connectivity index (χ0v) is 15.5. The molecule has 1 N–H and O–H groups in total. The maximum absolute atomic E-state index is 12.8. The maximum atomic E-state index is 12.8. The number of nitrogens with zero attached hydrogens (tertiary/aromatic N) is 2. The minimum Gasteiger partial charge on any atom is -0.497 e. The molecule has 6 heteroatoms. The highest BCUT2D eigenvalue weighted by molar-refractivity contribution is 5.95. The van der Waals surface area contributed by atoms with Gasteiger partial charge in [-0.2, -0.15) is 0 Å². The predicted octanol–water partition coefficient (Wildman–Crippen LogP) is 3.71. The summed E-state index contributed by atoms with van der Waals surface area (Å²) in [5, 5.41) is 3.27. The van der Waals surface area contributed by atoms with E-state index in [1.165, 1.54) is 6.42 Å². The first-order valence-corrected chi connectivity index (χ1v) is 8.84. The number of benzene rings is 1. The first-order valence-electron chi connectivity index (χ1n) is 8.84. The van der Waals surface area contributed by atoms with Crippen LogP contribution in [0.2, 0.25) is 0 Å². The third kappa shape index (κ3) is 4.07. The SMILES string of the molecule is COc1ccc(OC)c(Nc2cncc(C(=O)N3CCCC(C)C3)c2)c1. The number of hydrogen-bond donors (Lipinski definition) is 1. The van der Waals surface area contributed by atoms with Gasteiger partial charge >= 0.3 is 0 Å². The van der Waals surface area contributed by atoms with E-state index in [0.717, 1.165) is 36.6 Å². The molecule has 0 spiro atoms. The fourth-order valence-electron chi connectivity index (χ4n) is 3.25. The van der Waals surface area contributed by atoms with Crippen molar-refractivity contribution >= 4 is 17.3 Å². The number of amides is 1. The Morgan fingerprint density at radius 1 is 1.23 bits per heavy atom. The van der Waals surface area contributed by atoms with Crippen molar-refractivity contribution in [2.24, 2.45) is 5.92 Å². The summed E-state index contributed by atoms with van der Waals surface area (Å²) >= 11 is 0. The van der Waals surface area contributed by atoms with Gasteiger partial charge in [0.1, 0.15) is 11.5 Å². The lowest BCUT2D eigenvalue weighted by molar-refractivity contribution is 0.0682. The molecule has 6 nitrogen and oxygen atoms in total. The topological polar surface area (TPSA) is 63.7 Å². The van der Waals surface area contributed by atoms with Crippen LogP contribution in [0.25, 0.3) is 0 Å². The number of likely N-dealkylation sites (tertiary alicyclic amines) is 1. The first-order chi connectivity index (χ1) is 12.6. The van der Waals surface area contributed by atoms with E-state index < -0.39 is 0 Å². The first kappa shape index (κ1) is 18.0. The summed E-state index contributed by atoms with van der Waals surface area (Å²) in [6, 6.07) is 7.34. The Bertz CT molecular complexity index is 779. The van der Waals surface area contributed by atoms with Crippen molar-refractivity contribution in [2.75, 3.05) is 32.6 Å². The summed E-state index contributed by atoms with van der Waals surface area (Å²) in [4.78, 5) is 18.9. The average Bonchev–Trinajstić information content (AvgIpc) is 2.67. The van der Waals surface area contributed by atoms with Crippen LogP contribution in [-0.2, 0) is 0 Å². The van der Waals surface area contributed by atoms with Crippen molar-refractivity contribution in [3.8, 4) is 11.5 Å². The van der Waals surface area contributed by atoms with Gasteiger partial charge in [0, 0.05) is 25.4 Å². The zero-order chi connectivity index (χ0) is 18.5. The van der Waals surface area contributed by atoms with Crippen molar-refractivity contribution < 1.29 is 14.3 Å². The molecular weight excluding hydrogens is 330 g/mol. The predicted molar refractivity (Wildman–Crippen MR) is 101 cm³/mol. The van der Waals surface area contributed by atoms with Crippen LogP contribution >= 0.6 is 0 Å². The van der Waals surface area contributed by atoms with Crippen molar-refractivity contribution in [2.45, 2.75) is 19.8 Å². The van der Waals surface area contributed by atoms with E-state index >= 15 is 0 Å². The van der Waals surface area contributed by atoms with Crippen molar-refractivity contribution in [3.05, 3.63) is 42.2 Å². The Balaban J connectivity index is 1.80. The highest BCUT2D eigenvalue weighted by Gasteiger charge is 2.22. The molecule has 1 aromatic carbocycles. The van der Waals surface area contributed by atoms with Gasteiger partial charge in [-0.3, -0.25) is 9.78 Å². The second-order valence-corrected chi connectivity index (χ2v) is 6.65. The molecule has 1 saturated heterocycles. The smallest absolute Gasteiger partial charge is 0.255 e. The molecule has 1 fully saturated rings. The fourth-order valence-corrected chi connectivity index (χ4v) is 3.25. The Morgan fingerprint density at radius 3 is 2.81 bits per heavy atom. The molecule has 3 rings (SSSR count). The van der Waals surface area contributed by atoms with E-state index in [1.807, 2.05) is 29.2 Å². The van der Waals surface area contributed by atoms with Gasteiger partial charge in [0.25, 0.3) is 5.91 Å². The number of anilines is 2. The molecule has 1 aliphatic heterocycles. The zero-order valence-electron chi connectivity index (χ0n) is 15.5. The Hall–Kier alpha value is -2.76. The van der Waals surface area contributed by atoms with E-state index in [2.05, 4.69) is 17.2 Å². The summed E-state index contributed by atoms with van der Waals surface area (Å²) in [5.41, 5.74) is 2.07. The second kappa shape index (κ2) is 8.08. The van der Waals surface area contributed by atoms with Gasteiger partial charge in [0.15, 0.2) is 0 Å². The number of hydrogen-bond acceptors (Lipinski definition) is 5. The van der Waals surface area contributed by atoms with Gasteiger partial charge in [0.2, 0.25) is 0 Å². The number of aromatic nitrogens is 1. The van der Waals surface area contributed by atoms with Crippen LogP contribution < -0.4 is 14.8 Å². The number of rotatable bonds is 5. The van der Waals surface area contributed by atoms with E-state index in [4.69, 9.17) is 9.47 Å². The minimum atomic E-state index is 0.0327. The minimum absolute atomic E-state index is 0.0327. The van der Waals surface area contributed by atoms with Crippen LogP contribution in [0.15, 0.2) is 36.7 Å². The Labute approximate surface area is 154 Å². The van der Waals surface area contributed by atoms with Crippen LogP contribution in [0.1, 0.15) is 30.1 Å². The molecule has 1 aromatic heterocycles. The lowest BCUT2D eigenvalue weighted by Crippen LogP contribution is -2.39. The largest absolute Gasteiger partial charge is 0.497 e. The number of methoxy groups -OCH3 is 2. The van der Waals surface area contributed by atoms with Gasteiger partial charge in [-0.25, -0.2) is 0 Å². The normalized spacial score (nSPS) is 16.9. The Kier molecular flexibility index (Phi) is 5.61. The lowest BCUT2D eigenvalue weighted by atomic mass is 10.00. The standard InChI is InChI=1S/C20H25N3O3/c1-14-5-4-8-23(13-14)20(24)15-9-16(12-21-11-15)22-18-10-17(25-2)6-7-19(18)26-3/h6-7,9-12,14,22H,4-5,8,13H2,1-3H3. The van der Waals surface area contributed by atoms with Gasteiger partial charge in [-0.1, -0.05) is 6.92 Å². The van der Waals surface area contributed by atoms with Crippen LogP contribution in [-0.4, -0.2) is 43.1 Å². The van der Waals surface area contributed by atoms with E-state index in [1.54, 1.807) is 26.6 Å². The fraction of sp³-hybridized carbons (Fsp3) is 0.400. The number of nitrogens with one attached hydrogen (secondary N) is 1. The summed E-state index contributed by atoms with van der Waals surface area (Å²) in [5.74, 6) is 1.98. The Morgan fingerprint density at radius 2 is 2.08 bits per heavy atom. The van der Waals surface area contributed by atoms with Crippen LogP contribution in [0, 0.1) is 5.92 Å². The highest BCUT2D eigenvalue weighted by atomic mass is 16.5. The van der Waals surface area contributed by atoms with Crippen LogP contribution in [0.5, 0.6) is 11.5 Å². The monoisotopic (exact) mass is 355 g/mol. The molecular formula is C20H25N3O3. The number of pyridine rings is 1. The number of ether oxygens (including phenoxy) is 2. The quantitative estimate of drug-likeness (QED) is 0.886. The highest BCUT2D eigenvalue weighted by Crippen LogP contribution is 2.31. The molecule has 1 aliphatic rings. The molecule has 0 saturated carbocycles. The van der Waals surface area contributed by atoms with Crippen molar-refractivity contribution in [1.82, 2.24) is 9.88 Å².